The lowest BCUT2D eigenvalue weighted by atomic mass is 10.0. The van der Waals surface area contributed by atoms with E-state index in [2.05, 4.69) is 12.6 Å². The molecule has 0 aliphatic carbocycles. The first-order valence-corrected chi connectivity index (χ1v) is 6.30. The summed E-state index contributed by atoms with van der Waals surface area (Å²) in [6.45, 7) is 0. The van der Waals surface area contributed by atoms with Gasteiger partial charge in [-0.3, -0.25) is 0 Å². The Morgan fingerprint density at radius 1 is 1.05 bits per heavy atom. The van der Waals surface area contributed by atoms with E-state index in [4.69, 9.17) is 4.74 Å². The Bertz CT molecular complexity index is 497. The maximum absolute atomic E-state index is 9.25. The zero-order valence-electron chi connectivity index (χ0n) is 10.6. The third-order valence-electron chi connectivity index (χ3n) is 2.87. The molecule has 1 N–H and O–H groups in total. The van der Waals surface area contributed by atoms with Gasteiger partial charge in [-0.15, -0.1) is 12.4 Å². The highest BCUT2D eigenvalue weighted by Gasteiger charge is 2.07. The molecule has 2 aromatic carbocycles. The first-order chi connectivity index (χ1) is 8.69. The summed E-state index contributed by atoms with van der Waals surface area (Å²) in [7, 11) is 1.66. The molecule has 2 rings (SSSR count). The van der Waals surface area contributed by atoms with Gasteiger partial charge >= 0.3 is 0 Å². The van der Waals surface area contributed by atoms with Gasteiger partial charge in [-0.1, -0.05) is 24.3 Å². The highest BCUT2D eigenvalue weighted by Crippen LogP contribution is 2.26. The van der Waals surface area contributed by atoms with Crippen LogP contribution in [0.15, 0.2) is 48.5 Å². The highest BCUT2D eigenvalue weighted by molar-refractivity contribution is 7.80. The van der Waals surface area contributed by atoms with Crippen LogP contribution in [0.2, 0.25) is 0 Å². The smallest absolute Gasteiger partial charge is 0.118 e. The van der Waals surface area contributed by atoms with Crippen LogP contribution in [-0.4, -0.2) is 12.2 Å². The van der Waals surface area contributed by atoms with Crippen molar-refractivity contribution in [3.8, 4) is 11.5 Å². The second-order valence-corrected chi connectivity index (χ2v) is 4.78. The minimum atomic E-state index is 0. The average Bonchev–Trinajstić information content (AvgIpc) is 2.40. The lowest BCUT2D eigenvalue weighted by molar-refractivity contribution is 0.414. The molecule has 2 nitrogen and oxygen atoms in total. The number of phenols is 1. The van der Waals surface area contributed by atoms with Crippen LogP contribution in [0.5, 0.6) is 11.5 Å². The molecule has 0 bridgehead atoms. The van der Waals surface area contributed by atoms with E-state index in [-0.39, 0.29) is 23.4 Å². The van der Waals surface area contributed by atoms with Crippen molar-refractivity contribution in [1.29, 1.82) is 0 Å². The van der Waals surface area contributed by atoms with Crippen LogP contribution in [0, 0.1) is 0 Å². The Balaban J connectivity index is 0.00000180. The molecule has 0 aliphatic heterocycles. The molecule has 4 heteroatoms. The number of methoxy groups -OCH3 is 1. The monoisotopic (exact) mass is 296 g/mol. The number of benzene rings is 2. The Morgan fingerprint density at radius 2 is 1.63 bits per heavy atom. The molecule has 0 amide bonds. The Kier molecular flexibility index (Phi) is 6.06. The van der Waals surface area contributed by atoms with Gasteiger partial charge in [0.15, 0.2) is 0 Å². The van der Waals surface area contributed by atoms with Crippen molar-refractivity contribution in [3.05, 3.63) is 59.7 Å². The van der Waals surface area contributed by atoms with Crippen molar-refractivity contribution in [1.82, 2.24) is 0 Å². The third kappa shape index (κ3) is 4.37. The van der Waals surface area contributed by atoms with Crippen LogP contribution < -0.4 is 4.74 Å². The number of aromatic hydroxyl groups is 1. The third-order valence-corrected chi connectivity index (χ3v) is 3.35. The summed E-state index contributed by atoms with van der Waals surface area (Å²) < 4.78 is 5.13. The summed E-state index contributed by atoms with van der Waals surface area (Å²) in [5.74, 6) is 1.14. The molecule has 0 aliphatic rings. The lowest BCUT2D eigenvalue weighted by Gasteiger charge is -2.11. The zero-order chi connectivity index (χ0) is 13.0. The molecule has 0 saturated heterocycles. The molecule has 0 fully saturated rings. The summed E-state index contributed by atoms with van der Waals surface area (Å²) in [5.41, 5.74) is 2.32. The second-order valence-electron chi connectivity index (χ2n) is 4.16. The fourth-order valence-corrected chi connectivity index (χ4v) is 2.18. The maximum atomic E-state index is 9.25. The largest absolute Gasteiger partial charge is 0.508 e. The van der Waals surface area contributed by atoms with Gasteiger partial charge in [-0.25, -0.2) is 0 Å². The van der Waals surface area contributed by atoms with Gasteiger partial charge in [0.05, 0.1) is 7.11 Å². The lowest BCUT2D eigenvalue weighted by Crippen LogP contribution is -1.96. The van der Waals surface area contributed by atoms with Crippen LogP contribution in [0.3, 0.4) is 0 Å². The van der Waals surface area contributed by atoms with Crippen molar-refractivity contribution in [3.63, 3.8) is 0 Å². The first kappa shape index (κ1) is 15.7. The summed E-state index contributed by atoms with van der Waals surface area (Å²) in [4.78, 5) is 0. The molecule has 102 valence electrons. The summed E-state index contributed by atoms with van der Waals surface area (Å²) in [6.07, 6.45) is 0.845. The molecular weight excluding hydrogens is 280 g/mol. The summed E-state index contributed by atoms with van der Waals surface area (Å²) in [5, 5.41) is 9.37. The molecule has 0 heterocycles. The van der Waals surface area contributed by atoms with Gasteiger partial charge in [-0.05, 0) is 41.8 Å². The van der Waals surface area contributed by atoms with Crippen molar-refractivity contribution in [2.75, 3.05) is 7.11 Å². The molecule has 19 heavy (non-hydrogen) atoms. The number of ether oxygens (including phenoxy) is 1. The number of hydrogen-bond acceptors (Lipinski definition) is 3. The van der Waals surface area contributed by atoms with E-state index in [1.165, 1.54) is 5.56 Å². The van der Waals surface area contributed by atoms with E-state index >= 15 is 0 Å². The fourth-order valence-electron chi connectivity index (χ4n) is 1.80. The minimum Gasteiger partial charge on any atom is -0.508 e. The standard InChI is InChI=1S/C15H16O2S.ClH/c1-17-14-8-2-11(3-9-14)10-15(18)12-4-6-13(16)7-5-12;/h2-9,15-16,18H,10H2,1H3;1H. The molecular formula is C15H17ClO2S. The fraction of sp³-hybridized carbons (Fsp3) is 0.200. The predicted molar refractivity (Wildman–Crippen MR) is 83.8 cm³/mol. The average molecular weight is 297 g/mol. The van der Waals surface area contributed by atoms with E-state index in [9.17, 15) is 5.11 Å². The second kappa shape index (κ2) is 7.31. The van der Waals surface area contributed by atoms with E-state index in [1.807, 2.05) is 36.4 Å². The van der Waals surface area contributed by atoms with Gasteiger partial charge < -0.3 is 9.84 Å². The molecule has 0 aromatic heterocycles. The van der Waals surface area contributed by atoms with Crippen molar-refractivity contribution in [2.45, 2.75) is 11.7 Å². The predicted octanol–water partition coefficient (Wildman–Crippen LogP) is 4.04. The molecule has 2 aromatic rings. The van der Waals surface area contributed by atoms with E-state index in [1.54, 1.807) is 19.2 Å². The van der Waals surface area contributed by atoms with Crippen molar-refractivity contribution >= 4 is 25.0 Å². The molecule has 0 radical (unpaired) electrons. The number of halogens is 1. The topological polar surface area (TPSA) is 29.5 Å². The molecule has 0 spiro atoms. The maximum Gasteiger partial charge on any atom is 0.118 e. The molecule has 1 unspecified atom stereocenters. The van der Waals surface area contributed by atoms with Crippen molar-refractivity contribution < 1.29 is 9.84 Å². The number of phenolic OH excluding ortho intramolecular Hbond substituents is 1. The van der Waals surface area contributed by atoms with Crippen LogP contribution in [0.1, 0.15) is 16.4 Å². The minimum absolute atomic E-state index is 0. The van der Waals surface area contributed by atoms with E-state index in [0.717, 1.165) is 17.7 Å². The Labute approximate surface area is 125 Å². The zero-order valence-corrected chi connectivity index (χ0v) is 12.3. The van der Waals surface area contributed by atoms with Gasteiger partial charge in [0.2, 0.25) is 0 Å². The molecule has 0 saturated carbocycles. The Hall–Kier alpha value is -1.32. The SMILES string of the molecule is COc1ccc(CC(S)c2ccc(O)cc2)cc1.Cl. The van der Waals surface area contributed by atoms with Crippen LogP contribution >= 0.6 is 25.0 Å². The summed E-state index contributed by atoms with van der Waals surface area (Å²) >= 11 is 4.60. The van der Waals surface area contributed by atoms with Crippen LogP contribution in [0.25, 0.3) is 0 Å². The van der Waals surface area contributed by atoms with Crippen LogP contribution in [0.4, 0.5) is 0 Å². The highest BCUT2D eigenvalue weighted by atomic mass is 35.5. The quantitative estimate of drug-likeness (QED) is 0.834. The van der Waals surface area contributed by atoms with Gasteiger partial charge in [0.1, 0.15) is 11.5 Å². The van der Waals surface area contributed by atoms with Crippen LogP contribution in [-0.2, 0) is 6.42 Å². The first-order valence-electron chi connectivity index (χ1n) is 5.79. The number of rotatable bonds is 4. The van der Waals surface area contributed by atoms with Gasteiger partial charge in [0.25, 0.3) is 0 Å². The van der Waals surface area contributed by atoms with Gasteiger partial charge in [-0.2, -0.15) is 12.6 Å². The van der Waals surface area contributed by atoms with E-state index in [0.29, 0.717) is 0 Å². The molecule has 1 atom stereocenters. The number of hydrogen-bond donors (Lipinski definition) is 2. The summed E-state index contributed by atoms with van der Waals surface area (Å²) in [6, 6.07) is 15.2. The normalized spacial score (nSPS) is 11.5. The van der Waals surface area contributed by atoms with Crippen molar-refractivity contribution in [2.24, 2.45) is 0 Å². The Morgan fingerprint density at radius 3 is 2.16 bits per heavy atom. The number of thiol groups is 1. The van der Waals surface area contributed by atoms with Gasteiger partial charge in [0, 0.05) is 5.25 Å². The van der Waals surface area contributed by atoms with E-state index < -0.39 is 0 Å².